The van der Waals surface area contributed by atoms with E-state index in [4.69, 9.17) is 16.0 Å². The molecule has 0 aliphatic heterocycles. The van der Waals surface area contributed by atoms with Gasteiger partial charge in [-0.15, -0.1) is 0 Å². The van der Waals surface area contributed by atoms with E-state index in [2.05, 4.69) is 5.48 Å². The summed E-state index contributed by atoms with van der Waals surface area (Å²) in [7, 11) is 0. The average molecular weight is 177 g/mol. The van der Waals surface area contributed by atoms with Gasteiger partial charge >= 0.3 is 0 Å². The lowest BCUT2D eigenvalue weighted by Crippen LogP contribution is -2.19. The first-order chi connectivity index (χ1) is 5.27. The van der Waals surface area contributed by atoms with Crippen molar-refractivity contribution in [3.8, 4) is 0 Å². The first kappa shape index (κ1) is 10.7. The molecular formula is C6H15N3OS. The molecule has 4 nitrogen and oxygen atoms in total. The zero-order valence-electron chi connectivity index (χ0n) is 6.72. The van der Waals surface area contributed by atoms with Crippen molar-refractivity contribution in [1.82, 2.24) is 5.48 Å². The van der Waals surface area contributed by atoms with Crippen molar-refractivity contribution in [1.29, 1.82) is 5.41 Å². The van der Waals surface area contributed by atoms with Gasteiger partial charge in [0.25, 0.3) is 0 Å². The maximum Gasteiger partial charge on any atom is 0.151 e. The fraction of sp³-hybridized carbons (Fsp3) is 0.833. The molecule has 4 N–H and O–H groups in total. The number of rotatable bonds is 6. The normalized spacial score (nSPS) is 9.91. The van der Waals surface area contributed by atoms with Crippen LogP contribution in [0.25, 0.3) is 0 Å². The van der Waals surface area contributed by atoms with Crippen molar-refractivity contribution in [3.05, 3.63) is 0 Å². The van der Waals surface area contributed by atoms with E-state index in [0.717, 1.165) is 25.3 Å². The number of thioether (sulfide) groups is 1. The van der Waals surface area contributed by atoms with Gasteiger partial charge in [0.05, 0.1) is 6.61 Å². The van der Waals surface area contributed by atoms with Crippen LogP contribution in [0.15, 0.2) is 0 Å². The van der Waals surface area contributed by atoms with Crippen LogP contribution in [-0.4, -0.2) is 24.1 Å². The molecule has 0 aromatic heterocycles. The van der Waals surface area contributed by atoms with Gasteiger partial charge in [-0.2, -0.15) is 0 Å². The van der Waals surface area contributed by atoms with Crippen LogP contribution in [0.4, 0.5) is 0 Å². The third kappa shape index (κ3) is 9.74. The largest absolute Gasteiger partial charge is 0.379 e. The molecular weight excluding hydrogens is 162 g/mol. The molecule has 0 saturated heterocycles. The molecule has 0 spiro atoms. The maximum atomic E-state index is 6.88. The quantitative estimate of drug-likeness (QED) is 0.240. The standard InChI is InChI=1S/C6H15N3OS/c1-2-4-10-9-3-5-11-6(7)8/h9H,2-5H2,1H3,(H3,7,8). The SMILES string of the molecule is CCCONCCSC(=N)N. The number of hydrogen-bond donors (Lipinski definition) is 3. The minimum absolute atomic E-state index is 0.155. The van der Waals surface area contributed by atoms with Crippen LogP contribution in [0.2, 0.25) is 0 Å². The van der Waals surface area contributed by atoms with Gasteiger partial charge in [0.2, 0.25) is 0 Å². The average Bonchev–Trinajstić information content (AvgIpc) is 1.96. The van der Waals surface area contributed by atoms with E-state index in [1.165, 1.54) is 11.8 Å². The minimum atomic E-state index is 0.155. The molecule has 0 heterocycles. The Labute approximate surface area is 71.3 Å². The van der Waals surface area contributed by atoms with Crippen LogP contribution in [0.5, 0.6) is 0 Å². The zero-order chi connectivity index (χ0) is 8.53. The summed E-state index contributed by atoms with van der Waals surface area (Å²) in [6, 6.07) is 0. The summed E-state index contributed by atoms with van der Waals surface area (Å²) in [5.41, 5.74) is 7.88. The highest BCUT2D eigenvalue weighted by Gasteiger charge is 1.89. The molecule has 0 fully saturated rings. The molecule has 11 heavy (non-hydrogen) atoms. The Balaban J connectivity index is 2.85. The monoisotopic (exact) mass is 177 g/mol. The first-order valence-electron chi connectivity index (χ1n) is 3.58. The number of nitrogens with two attached hydrogens (primary N) is 1. The number of hydrogen-bond acceptors (Lipinski definition) is 4. The van der Waals surface area contributed by atoms with Crippen LogP contribution in [0.1, 0.15) is 13.3 Å². The lowest BCUT2D eigenvalue weighted by Gasteiger charge is -2.02. The van der Waals surface area contributed by atoms with Crippen molar-refractivity contribution in [2.45, 2.75) is 13.3 Å². The second-order valence-electron chi connectivity index (χ2n) is 1.96. The van der Waals surface area contributed by atoms with Crippen molar-refractivity contribution >= 4 is 16.9 Å². The van der Waals surface area contributed by atoms with Gasteiger partial charge < -0.3 is 10.6 Å². The van der Waals surface area contributed by atoms with E-state index < -0.39 is 0 Å². The minimum Gasteiger partial charge on any atom is -0.379 e. The maximum absolute atomic E-state index is 6.88. The van der Waals surface area contributed by atoms with Gasteiger partial charge in [0.1, 0.15) is 0 Å². The van der Waals surface area contributed by atoms with E-state index >= 15 is 0 Å². The van der Waals surface area contributed by atoms with Crippen molar-refractivity contribution in [2.75, 3.05) is 18.9 Å². The van der Waals surface area contributed by atoms with Gasteiger partial charge in [-0.1, -0.05) is 18.7 Å². The van der Waals surface area contributed by atoms with Gasteiger partial charge in [-0.05, 0) is 6.42 Å². The van der Waals surface area contributed by atoms with Gasteiger partial charge in [-0.25, -0.2) is 5.48 Å². The third-order valence-corrected chi connectivity index (χ3v) is 1.59. The smallest absolute Gasteiger partial charge is 0.151 e. The molecule has 0 saturated carbocycles. The predicted octanol–water partition coefficient (Wildman–Crippen LogP) is 0.544. The second kappa shape index (κ2) is 7.84. The molecule has 0 bridgehead atoms. The Bertz CT molecular complexity index is 110. The summed E-state index contributed by atoms with van der Waals surface area (Å²) in [6.07, 6.45) is 1.01. The fourth-order valence-electron chi connectivity index (χ4n) is 0.449. The lowest BCUT2D eigenvalue weighted by molar-refractivity contribution is 0.0458. The molecule has 66 valence electrons. The molecule has 0 radical (unpaired) electrons. The van der Waals surface area contributed by atoms with Crippen molar-refractivity contribution in [2.24, 2.45) is 5.73 Å². The van der Waals surface area contributed by atoms with Crippen LogP contribution in [0, 0.1) is 5.41 Å². The zero-order valence-corrected chi connectivity index (χ0v) is 7.54. The summed E-state index contributed by atoms with van der Waals surface area (Å²) in [6.45, 7) is 3.50. The molecule has 0 rings (SSSR count). The Hall–Kier alpha value is -0.260. The Morgan fingerprint density at radius 2 is 2.45 bits per heavy atom. The molecule has 0 aliphatic rings. The molecule has 0 aromatic carbocycles. The first-order valence-corrected chi connectivity index (χ1v) is 4.57. The highest BCUT2D eigenvalue weighted by molar-refractivity contribution is 8.13. The second-order valence-corrected chi connectivity index (χ2v) is 3.09. The van der Waals surface area contributed by atoms with Crippen LogP contribution in [-0.2, 0) is 4.84 Å². The molecule has 0 aromatic rings. The Morgan fingerprint density at radius 1 is 1.73 bits per heavy atom. The predicted molar refractivity (Wildman–Crippen MR) is 48.6 cm³/mol. The van der Waals surface area contributed by atoms with E-state index in [-0.39, 0.29) is 5.17 Å². The highest BCUT2D eigenvalue weighted by atomic mass is 32.2. The van der Waals surface area contributed by atoms with Crippen molar-refractivity contribution < 1.29 is 4.84 Å². The summed E-state index contributed by atoms with van der Waals surface area (Å²) < 4.78 is 0. The number of nitrogens with one attached hydrogen (secondary N) is 2. The number of amidine groups is 1. The summed E-state index contributed by atoms with van der Waals surface area (Å²) in [5.74, 6) is 0.777. The van der Waals surface area contributed by atoms with E-state index in [9.17, 15) is 0 Å². The topological polar surface area (TPSA) is 71.1 Å². The summed E-state index contributed by atoms with van der Waals surface area (Å²) >= 11 is 1.31. The van der Waals surface area contributed by atoms with Gasteiger partial charge in [-0.3, -0.25) is 5.41 Å². The van der Waals surface area contributed by atoms with E-state index in [1.807, 2.05) is 6.92 Å². The highest BCUT2D eigenvalue weighted by Crippen LogP contribution is 1.94. The Kier molecular flexibility index (Phi) is 7.66. The van der Waals surface area contributed by atoms with Crippen LogP contribution < -0.4 is 11.2 Å². The van der Waals surface area contributed by atoms with E-state index in [0.29, 0.717) is 0 Å². The third-order valence-electron chi connectivity index (χ3n) is 0.870. The molecule has 0 amide bonds. The number of hydroxylamine groups is 1. The van der Waals surface area contributed by atoms with E-state index in [1.54, 1.807) is 0 Å². The summed E-state index contributed by atoms with van der Waals surface area (Å²) in [5, 5.41) is 7.04. The van der Waals surface area contributed by atoms with Gasteiger partial charge in [0, 0.05) is 12.3 Å². The lowest BCUT2D eigenvalue weighted by atomic mass is 10.5. The Morgan fingerprint density at radius 3 is 3.00 bits per heavy atom. The fourth-order valence-corrected chi connectivity index (χ4v) is 0.854. The summed E-state index contributed by atoms with van der Waals surface area (Å²) in [4.78, 5) is 4.99. The van der Waals surface area contributed by atoms with Gasteiger partial charge in [0.15, 0.2) is 5.17 Å². The van der Waals surface area contributed by atoms with Crippen LogP contribution in [0.3, 0.4) is 0 Å². The molecule has 0 atom stereocenters. The molecule has 5 heteroatoms. The van der Waals surface area contributed by atoms with Crippen LogP contribution >= 0.6 is 11.8 Å². The van der Waals surface area contributed by atoms with Crippen molar-refractivity contribution in [3.63, 3.8) is 0 Å². The molecule has 0 aliphatic carbocycles. The molecule has 0 unspecified atom stereocenters.